The van der Waals surface area contributed by atoms with Crippen LogP contribution in [0.1, 0.15) is 35.3 Å². The number of rotatable bonds is 6. The van der Waals surface area contributed by atoms with E-state index in [1.807, 2.05) is 13.8 Å². The van der Waals surface area contributed by atoms with E-state index in [0.717, 1.165) is 0 Å². The first-order chi connectivity index (χ1) is 15.4. The lowest BCUT2D eigenvalue weighted by Gasteiger charge is -2.35. The monoisotopic (exact) mass is 441 g/mol. The highest BCUT2D eigenvalue weighted by molar-refractivity contribution is 5.96. The molecule has 1 aliphatic rings. The van der Waals surface area contributed by atoms with Gasteiger partial charge in [0.1, 0.15) is 23.8 Å². The van der Waals surface area contributed by atoms with E-state index >= 15 is 0 Å². The Morgan fingerprint density at radius 2 is 1.69 bits per heavy atom. The van der Waals surface area contributed by atoms with Crippen molar-refractivity contribution in [1.82, 2.24) is 14.7 Å². The van der Waals surface area contributed by atoms with Crippen LogP contribution in [0.5, 0.6) is 5.88 Å². The summed E-state index contributed by atoms with van der Waals surface area (Å²) in [6.45, 7) is 5.10. The summed E-state index contributed by atoms with van der Waals surface area (Å²) in [7, 11) is 0. The van der Waals surface area contributed by atoms with Crippen LogP contribution in [0.25, 0.3) is 0 Å². The Morgan fingerprint density at radius 3 is 2.34 bits per heavy atom. The molecule has 1 aliphatic heterocycles. The van der Waals surface area contributed by atoms with Gasteiger partial charge in [0.25, 0.3) is 5.91 Å². The molecule has 1 amide bonds. The molecule has 4 rings (SSSR count). The number of halogens is 2. The molecule has 0 saturated carbocycles. The topological polar surface area (TPSA) is 56.6 Å². The smallest absolute Gasteiger partial charge is 0.261 e. The number of nitrogens with zero attached hydrogens (tertiary/aromatic N) is 3. The predicted molar refractivity (Wildman–Crippen MR) is 114 cm³/mol. The van der Waals surface area contributed by atoms with Crippen molar-refractivity contribution in [2.24, 2.45) is 0 Å². The Kier molecular flexibility index (Phi) is 6.50. The minimum atomic E-state index is -0.365. The van der Waals surface area contributed by atoms with Crippen molar-refractivity contribution < 1.29 is 23.0 Å². The molecule has 168 valence electrons. The molecule has 1 fully saturated rings. The number of carbonyl (C=O) groups is 1. The predicted octanol–water partition coefficient (Wildman–Crippen LogP) is 4.04. The normalized spacial score (nSPS) is 18.6. The summed E-state index contributed by atoms with van der Waals surface area (Å²) in [5.74, 6) is -0.769. The number of carbonyl (C=O) groups excluding carboxylic acids is 1. The molecule has 2 aromatic carbocycles. The third-order valence-electron chi connectivity index (χ3n) is 5.16. The second-order valence-electron chi connectivity index (χ2n) is 8.06. The Labute approximate surface area is 185 Å². The van der Waals surface area contributed by atoms with E-state index in [0.29, 0.717) is 29.8 Å². The zero-order valence-electron chi connectivity index (χ0n) is 18.0. The van der Waals surface area contributed by atoms with Gasteiger partial charge in [0, 0.05) is 19.3 Å². The maximum atomic E-state index is 13.6. The van der Waals surface area contributed by atoms with Crippen molar-refractivity contribution in [2.75, 3.05) is 13.1 Å². The van der Waals surface area contributed by atoms with Gasteiger partial charge >= 0.3 is 0 Å². The standard InChI is InChI=1S/C24H25F2N3O3/c1-16-11-28(12-17(2)32-16)24(30)22-14-29(13-18-5-3-7-20(25)9-18)27-23(22)31-15-19-6-4-8-21(26)10-19/h3-10,14,16-17H,11-13,15H2,1-2H3/t16-,17-/m0/s1. The van der Waals surface area contributed by atoms with Crippen LogP contribution in [0, 0.1) is 11.6 Å². The van der Waals surface area contributed by atoms with Crippen molar-refractivity contribution in [2.45, 2.75) is 39.2 Å². The summed E-state index contributed by atoms with van der Waals surface area (Å²) >= 11 is 0. The lowest BCUT2D eigenvalue weighted by atomic mass is 10.2. The van der Waals surface area contributed by atoms with Gasteiger partial charge in [-0.05, 0) is 49.2 Å². The summed E-state index contributed by atoms with van der Waals surface area (Å²) in [4.78, 5) is 15.0. The van der Waals surface area contributed by atoms with E-state index in [4.69, 9.17) is 9.47 Å². The Hall–Kier alpha value is -3.26. The average molecular weight is 441 g/mol. The number of hydrogen-bond acceptors (Lipinski definition) is 4. The summed E-state index contributed by atoms with van der Waals surface area (Å²) in [5, 5.41) is 4.43. The quantitative estimate of drug-likeness (QED) is 0.580. The van der Waals surface area contributed by atoms with E-state index in [1.165, 1.54) is 24.3 Å². The summed E-state index contributed by atoms with van der Waals surface area (Å²) < 4.78 is 40.2. The van der Waals surface area contributed by atoms with Crippen LogP contribution in [0.4, 0.5) is 8.78 Å². The Morgan fingerprint density at radius 1 is 1.06 bits per heavy atom. The second-order valence-corrected chi connectivity index (χ2v) is 8.06. The van der Waals surface area contributed by atoms with E-state index in [9.17, 15) is 13.6 Å². The van der Waals surface area contributed by atoms with Gasteiger partial charge < -0.3 is 14.4 Å². The Balaban J connectivity index is 1.59. The molecular formula is C24H25F2N3O3. The molecule has 0 radical (unpaired) electrons. The van der Waals surface area contributed by atoms with Crippen LogP contribution >= 0.6 is 0 Å². The zero-order valence-corrected chi connectivity index (χ0v) is 18.0. The van der Waals surface area contributed by atoms with E-state index in [-0.39, 0.29) is 48.8 Å². The van der Waals surface area contributed by atoms with E-state index in [1.54, 1.807) is 40.0 Å². The van der Waals surface area contributed by atoms with Gasteiger partial charge in [-0.15, -0.1) is 5.10 Å². The van der Waals surface area contributed by atoms with Crippen LogP contribution in [0.15, 0.2) is 54.7 Å². The first-order valence-electron chi connectivity index (χ1n) is 10.5. The highest BCUT2D eigenvalue weighted by atomic mass is 19.1. The molecule has 2 atom stereocenters. The third kappa shape index (κ3) is 5.31. The fourth-order valence-corrected chi connectivity index (χ4v) is 3.85. The lowest BCUT2D eigenvalue weighted by molar-refractivity contribution is -0.0586. The molecule has 32 heavy (non-hydrogen) atoms. The van der Waals surface area contributed by atoms with Crippen molar-refractivity contribution in [3.63, 3.8) is 0 Å². The van der Waals surface area contributed by atoms with Gasteiger partial charge in [-0.2, -0.15) is 0 Å². The fourth-order valence-electron chi connectivity index (χ4n) is 3.85. The fraction of sp³-hybridized carbons (Fsp3) is 0.333. The van der Waals surface area contributed by atoms with Gasteiger partial charge in [-0.25, -0.2) is 8.78 Å². The minimum absolute atomic E-state index is 0.0605. The number of hydrogen-bond donors (Lipinski definition) is 0. The molecule has 0 unspecified atom stereocenters. The average Bonchev–Trinajstić information content (AvgIpc) is 3.13. The maximum Gasteiger partial charge on any atom is 0.261 e. The molecule has 0 bridgehead atoms. The van der Waals surface area contributed by atoms with Crippen molar-refractivity contribution in [3.05, 3.63) is 83.1 Å². The van der Waals surface area contributed by atoms with Crippen LogP contribution in [0.3, 0.4) is 0 Å². The van der Waals surface area contributed by atoms with Crippen molar-refractivity contribution >= 4 is 5.91 Å². The molecule has 0 spiro atoms. The molecular weight excluding hydrogens is 416 g/mol. The highest BCUT2D eigenvalue weighted by Crippen LogP contribution is 2.23. The van der Waals surface area contributed by atoms with Crippen molar-refractivity contribution in [3.8, 4) is 5.88 Å². The summed E-state index contributed by atoms with van der Waals surface area (Å²) in [6, 6.07) is 12.3. The molecule has 2 heterocycles. The number of benzene rings is 2. The number of amides is 1. The van der Waals surface area contributed by atoms with Gasteiger partial charge in [0.15, 0.2) is 0 Å². The van der Waals surface area contributed by atoms with Crippen LogP contribution < -0.4 is 4.74 Å². The van der Waals surface area contributed by atoms with Crippen LogP contribution in [-0.4, -0.2) is 45.9 Å². The molecule has 0 N–H and O–H groups in total. The first kappa shape index (κ1) is 22.0. The van der Waals surface area contributed by atoms with Gasteiger partial charge in [0.2, 0.25) is 5.88 Å². The number of ether oxygens (including phenoxy) is 2. The lowest BCUT2D eigenvalue weighted by Crippen LogP contribution is -2.48. The molecule has 1 aromatic heterocycles. The van der Waals surface area contributed by atoms with Gasteiger partial charge in [-0.1, -0.05) is 24.3 Å². The zero-order chi connectivity index (χ0) is 22.7. The number of aromatic nitrogens is 2. The number of morpholine rings is 1. The molecule has 1 saturated heterocycles. The minimum Gasteiger partial charge on any atom is -0.471 e. The largest absolute Gasteiger partial charge is 0.471 e. The molecule has 8 heteroatoms. The van der Waals surface area contributed by atoms with Crippen LogP contribution in [-0.2, 0) is 17.9 Å². The third-order valence-corrected chi connectivity index (χ3v) is 5.16. The van der Waals surface area contributed by atoms with Crippen molar-refractivity contribution in [1.29, 1.82) is 0 Å². The SMILES string of the molecule is C[C@H]1CN(C(=O)c2cn(Cc3cccc(F)c3)nc2OCc2cccc(F)c2)C[C@H](C)O1. The molecule has 3 aromatic rings. The van der Waals surface area contributed by atoms with E-state index in [2.05, 4.69) is 5.10 Å². The Bertz CT molecular complexity index is 1090. The molecule has 0 aliphatic carbocycles. The summed E-state index contributed by atoms with van der Waals surface area (Å²) in [6.07, 6.45) is 1.45. The maximum absolute atomic E-state index is 13.6. The van der Waals surface area contributed by atoms with Crippen LogP contribution in [0.2, 0.25) is 0 Å². The second kappa shape index (κ2) is 9.48. The summed E-state index contributed by atoms with van der Waals surface area (Å²) in [5.41, 5.74) is 1.63. The van der Waals surface area contributed by atoms with Gasteiger partial charge in [0.05, 0.1) is 18.8 Å². The van der Waals surface area contributed by atoms with Gasteiger partial charge in [-0.3, -0.25) is 9.48 Å². The highest BCUT2D eigenvalue weighted by Gasteiger charge is 2.30. The first-order valence-corrected chi connectivity index (χ1v) is 10.5. The molecule has 6 nitrogen and oxygen atoms in total. The van der Waals surface area contributed by atoms with E-state index < -0.39 is 0 Å².